The molecular formula is C27H32N6O2. The third-order valence-electron chi connectivity index (χ3n) is 7.87. The van der Waals surface area contributed by atoms with Crippen molar-refractivity contribution in [2.24, 2.45) is 5.73 Å². The third-order valence-corrected chi connectivity index (χ3v) is 7.87. The zero-order chi connectivity index (χ0) is 23.9. The number of aromatic nitrogens is 4. The van der Waals surface area contributed by atoms with E-state index >= 15 is 0 Å². The van der Waals surface area contributed by atoms with Gasteiger partial charge < -0.3 is 24.9 Å². The standard InChI is InChI=1S/C27H32N6O2/c1-32-11-5-8-19(32)14-35-23-13-20(25-26(30-15-29-25)24(23)27(28)34)17-9-10-22-21(12-17)31-16-33(22)18-6-3-2-4-7-18/h9-10,12-13,15-16,18-19H,2-8,11,14H2,1H3,(H2,28,34)(H,29,30). The topological polar surface area (TPSA) is 102 Å². The van der Waals surface area contributed by atoms with Crippen LogP contribution in [0.5, 0.6) is 5.75 Å². The van der Waals surface area contributed by atoms with Gasteiger partial charge in [-0.2, -0.15) is 0 Å². The maximum Gasteiger partial charge on any atom is 0.254 e. The van der Waals surface area contributed by atoms with Gasteiger partial charge in [-0.15, -0.1) is 0 Å². The Balaban J connectivity index is 1.40. The molecule has 2 aliphatic rings. The average Bonchev–Trinajstić information content (AvgIpc) is 3.61. The molecule has 0 spiro atoms. The minimum atomic E-state index is -0.526. The zero-order valence-electron chi connectivity index (χ0n) is 20.2. The Bertz CT molecular complexity index is 1380. The number of aromatic amines is 1. The second-order valence-corrected chi connectivity index (χ2v) is 10.0. The van der Waals surface area contributed by atoms with Crippen LogP contribution < -0.4 is 10.5 Å². The van der Waals surface area contributed by atoms with E-state index in [9.17, 15) is 4.79 Å². The van der Waals surface area contributed by atoms with Crippen LogP contribution in [0.2, 0.25) is 0 Å². The number of amides is 1. The highest BCUT2D eigenvalue weighted by molar-refractivity contribution is 6.10. The number of hydrogen-bond donors (Lipinski definition) is 2. The summed E-state index contributed by atoms with van der Waals surface area (Å²) in [5.74, 6) is -0.0281. The number of nitrogens with two attached hydrogens (primary N) is 1. The Kier molecular flexibility index (Phi) is 5.68. The molecule has 1 atom stereocenters. The van der Waals surface area contributed by atoms with Gasteiger partial charge in [0.2, 0.25) is 0 Å². The lowest BCUT2D eigenvalue weighted by Crippen LogP contribution is -2.31. The minimum absolute atomic E-state index is 0.330. The van der Waals surface area contributed by atoms with Crippen molar-refractivity contribution in [1.82, 2.24) is 24.4 Å². The number of nitrogens with one attached hydrogen (secondary N) is 1. The third kappa shape index (κ3) is 3.95. The van der Waals surface area contributed by atoms with E-state index in [1.165, 1.54) is 32.1 Å². The lowest BCUT2D eigenvalue weighted by molar-refractivity contribution is 0.0996. The van der Waals surface area contributed by atoms with Crippen molar-refractivity contribution in [2.75, 3.05) is 20.2 Å². The molecule has 6 rings (SSSR count). The molecule has 3 N–H and O–H groups in total. The van der Waals surface area contributed by atoms with Crippen LogP contribution in [0, 0.1) is 0 Å². The van der Waals surface area contributed by atoms with Crippen molar-refractivity contribution in [1.29, 1.82) is 0 Å². The first kappa shape index (κ1) is 22.1. The molecule has 0 bridgehead atoms. The van der Waals surface area contributed by atoms with Crippen LogP contribution in [-0.2, 0) is 0 Å². The van der Waals surface area contributed by atoms with Crippen molar-refractivity contribution in [3.63, 3.8) is 0 Å². The van der Waals surface area contributed by atoms with Crippen molar-refractivity contribution in [3.8, 4) is 16.9 Å². The summed E-state index contributed by atoms with van der Waals surface area (Å²) in [6.07, 6.45) is 12.2. The largest absolute Gasteiger partial charge is 0.491 e. The van der Waals surface area contributed by atoms with Gasteiger partial charge in [0.25, 0.3) is 5.91 Å². The summed E-state index contributed by atoms with van der Waals surface area (Å²) in [4.78, 5) is 27.1. The second-order valence-electron chi connectivity index (χ2n) is 10.0. The minimum Gasteiger partial charge on any atom is -0.491 e. The molecule has 8 heteroatoms. The van der Waals surface area contributed by atoms with Gasteiger partial charge in [0.15, 0.2) is 0 Å². The Morgan fingerprint density at radius 3 is 2.77 bits per heavy atom. The fraction of sp³-hybridized carbons (Fsp3) is 0.444. The summed E-state index contributed by atoms with van der Waals surface area (Å²) in [6, 6.07) is 9.15. The number of hydrogen-bond acceptors (Lipinski definition) is 5. The molecule has 1 saturated carbocycles. The van der Waals surface area contributed by atoms with Crippen molar-refractivity contribution in [3.05, 3.63) is 42.5 Å². The molecule has 35 heavy (non-hydrogen) atoms. The normalized spacial score (nSPS) is 19.6. The maximum absolute atomic E-state index is 12.4. The van der Waals surface area contributed by atoms with E-state index < -0.39 is 5.91 Å². The van der Waals surface area contributed by atoms with Gasteiger partial charge in [0, 0.05) is 17.6 Å². The summed E-state index contributed by atoms with van der Waals surface area (Å²) in [7, 11) is 2.11. The molecule has 1 aliphatic heterocycles. The quantitative estimate of drug-likeness (QED) is 0.425. The van der Waals surface area contributed by atoms with Crippen LogP contribution in [0.25, 0.3) is 33.2 Å². The average molecular weight is 473 g/mol. The Labute approximate surface area is 204 Å². The molecule has 8 nitrogen and oxygen atoms in total. The number of rotatable bonds is 6. The molecule has 0 radical (unpaired) electrons. The van der Waals surface area contributed by atoms with Crippen LogP contribution in [0.3, 0.4) is 0 Å². The molecular weight excluding hydrogens is 440 g/mol. The highest BCUT2D eigenvalue weighted by Gasteiger charge is 2.25. The van der Waals surface area contributed by atoms with Crippen LogP contribution in [0.4, 0.5) is 0 Å². The van der Waals surface area contributed by atoms with Gasteiger partial charge in [0.05, 0.1) is 34.7 Å². The van der Waals surface area contributed by atoms with E-state index in [2.05, 4.69) is 44.7 Å². The highest BCUT2D eigenvalue weighted by Crippen LogP contribution is 2.37. The lowest BCUT2D eigenvalue weighted by Gasteiger charge is -2.23. The Morgan fingerprint density at radius 2 is 2.00 bits per heavy atom. The number of nitrogens with zero attached hydrogens (tertiary/aromatic N) is 4. The number of fused-ring (bicyclic) bond motifs is 2. The summed E-state index contributed by atoms with van der Waals surface area (Å²) < 4.78 is 8.59. The zero-order valence-corrected chi connectivity index (χ0v) is 20.2. The second kappa shape index (κ2) is 9.00. The van der Waals surface area contributed by atoms with Crippen molar-refractivity contribution in [2.45, 2.75) is 57.0 Å². The predicted molar refractivity (Wildman–Crippen MR) is 137 cm³/mol. The fourth-order valence-electron chi connectivity index (χ4n) is 5.89. The lowest BCUT2D eigenvalue weighted by atomic mass is 9.95. The molecule has 2 aromatic heterocycles. The molecule has 1 unspecified atom stereocenters. The SMILES string of the molecule is CN1CCCC1COc1cc(-c2ccc3c(c2)ncn3C2CCCCC2)c2nc[nH]c2c1C(N)=O. The first-order chi connectivity index (χ1) is 17.1. The van der Waals surface area contributed by atoms with E-state index in [-0.39, 0.29) is 0 Å². The number of carbonyl (C=O) groups is 1. The fourth-order valence-corrected chi connectivity index (χ4v) is 5.89. The molecule has 2 fully saturated rings. The number of benzene rings is 2. The van der Waals surface area contributed by atoms with Gasteiger partial charge in [-0.1, -0.05) is 25.3 Å². The summed E-state index contributed by atoms with van der Waals surface area (Å²) in [5, 5.41) is 0. The number of primary amides is 1. The van der Waals surface area contributed by atoms with Gasteiger partial charge >= 0.3 is 0 Å². The molecule has 1 saturated heterocycles. The highest BCUT2D eigenvalue weighted by atomic mass is 16.5. The Hall–Kier alpha value is -3.39. The number of imidazole rings is 2. The molecule has 182 valence electrons. The maximum atomic E-state index is 12.4. The number of H-pyrrole nitrogens is 1. The first-order valence-corrected chi connectivity index (χ1v) is 12.7. The van der Waals surface area contributed by atoms with E-state index in [1.54, 1.807) is 6.33 Å². The van der Waals surface area contributed by atoms with Gasteiger partial charge in [-0.05, 0) is 63.0 Å². The predicted octanol–water partition coefficient (Wildman–Crippen LogP) is 4.66. The van der Waals surface area contributed by atoms with Gasteiger partial charge in [-0.3, -0.25) is 4.79 Å². The summed E-state index contributed by atoms with van der Waals surface area (Å²) in [6.45, 7) is 1.58. The van der Waals surface area contributed by atoms with E-state index in [0.717, 1.165) is 41.5 Å². The number of ether oxygens (including phenoxy) is 1. The van der Waals surface area contributed by atoms with Crippen molar-refractivity contribution < 1.29 is 9.53 Å². The summed E-state index contributed by atoms with van der Waals surface area (Å²) >= 11 is 0. The molecule has 1 amide bonds. The smallest absolute Gasteiger partial charge is 0.254 e. The van der Waals surface area contributed by atoms with Crippen molar-refractivity contribution >= 4 is 28.0 Å². The number of likely N-dealkylation sites (tertiary alicyclic amines) is 1. The van der Waals surface area contributed by atoms with E-state index in [1.807, 2.05) is 12.4 Å². The molecule has 4 aromatic rings. The van der Waals surface area contributed by atoms with Crippen LogP contribution in [0.1, 0.15) is 61.3 Å². The van der Waals surface area contributed by atoms with Crippen LogP contribution in [0.15, 0.2) is 36.9 Å². The number of likely N-dealkylation sites (N-methyl/N-ethyl adjacent to an activating group) is 1. The number of carbonyl (C=O) groups excluding carboxylic acids is 1. The first-order valence-electron chi connectivity index (χ1n) is 12.7. The molecule has 1 aliphatic carbocycles. The molecule has 3 heterocycles. The van der Waals surface area contributed by atoms with Gasteiger partial charge in [0.1, 0.15) is 17.9 Å². The van der Waals surface area contributed by atoms with E-state index in [0.29, 0.717) is 41.0 Å². The monoisotopic (exact) mass is 472 g/mol. The van der Waals surface area contributed by atoms with Crippen LogP contribution in [-0.4, -0.2) is 56.6 Å². The summed E-state index contributed by atoms with van der Waals surface area (Å²) in [5.41, 5.74) is 11.5. The van der Waals surface area contributed by atoms with Crippen LogP contribution >= 0.6 is 0 Å². The van der Waals surface area contributed by atoms with Gasteiger partial charge in [-0.25, -0.2) is 9.97 Å². The molecule has 2 aromatic carbocycles. The van der Waals surface area contributed by atoms with E-state index in [4.69, 9.17) is 15.5 Å². The Morgan fingerprint density at radius 1 is 1.14 bits per heavy atom.